The highest BCUT2D eigenvalue weighted by atomic mass is 16.7. The lowest BCUT2D eigenvalue weighted by molar-refractivity contribution is -0.317. The quantitative estimate of drug-likeness (QED) is 0.356. The summed E-state index contributed by atoms with van der Waals surface area (Å²) in [6.07, 6.45) is 3.28. The van der Waals surface area contributed by atoms with Crippen molar-refractivity contribution in [1.82, 2.24) is 0 Å². The Morgan fingerprint density at radius 3 is 2.46 bits per heavy atom. The molecule has 0 spiro atoms. The van der Waals surface area contributed by atoms with Gasteiger partial charge in [0.1, 0.15) is 24.4 Å². The van der Waals surface area contributed by atoms with Gasteiger partial charge in [-0.25, -0.2) is 4.79 Å². The van der Waals surface area contributed by atoms with Crippen LogP contribution in [0.15, 0.2) is 27.6 Å². The van der Waals surface area contributed by atoms with Crippen molar-refractivity contribution in [2.24, 2.45) is 28.6 Å². The van der Waals surface area contributed by atoms with Crippen LogP contribution in [0.4, 0.5) is 0 Å². The van der Waals surface area contributed by atoms with Gasteiger partial charge in [-0.05, 0) is 98.5 Å². The minimum atomic E-state index is -1.44. The van der Waals surface area contributed by atoms with E-state index in [0.717, 1.165) is 63.4 Å². The molecule has 0 bridgehead atoms. The normalized spacial score (nSPS) is 51.6. The number of ether oxygens (including phenoxy) is 2. The number of aliphatic hydroxyl groups excluding tert-OH is 4. The molecule has 4 aliphatic carbocycles. The summed E-state index contributed by atoms with van der Waals surface area (Å²) in [4.78, 5) is 11.6. The lowest BCUT2D eigenvalue weighted by Gasteiger charge is -2.63. The van der Waals surface area contributed by atoms with Gasteiger partial charge in [-0.3, -0.25) is 0 Å². The van der Waals surface area contributed by atoms with Crippen molar-refractivity contribution in [3.63, 3.8) is 0 Å². The predicted octanol–water partition coefficient (Wildman–Crippen LogP) is 2.07. The average Bonchev–Trinajstić information content (AvgIpc) is 3.20. The van der Waals surface area contributed by atoms with E-state index in [-0.39, 0.29) is 34.4 Å². The van der Waals surface area contributed by atoms with Crippen LogP contribution < -0.4 is 5.63 Å². The zero-order valence-corrected chi connectivity index (χ0v) is 22.9. The standard InChI is InChI=1S/C30H44O9/c1-28-10-7-18(38-27-26(35)25(34)24(33)22(14-31)39-27)13-17(28)4-5-21-20(28)8-11-29(2)19(9-12-30(21,29)36)16-3-6-23(32)37-15-16/h3,6,15,17-22,24-27,31,33-36H,4-5,7-14H2,1-2H3/t17?,18-,19+,20-,21+,22+,24+,25-,26+,27?,28-,29+,30-/m0/s1. The van der Waals surface area contributed by atoms with E-state index >= 15 is 0 Å². The summed E-state index contributed by atoms with van der Waals surface area (Å²) in [7, 11) is 0. The molecule has 1 aliphatic heterocycles. The van der Waals surface area contributed by atoms with Crippen molar-refractivity contribution >= 4 is 0 Å². The van der Waals surface area contributed by atoms with Crippen molar-refractivity contribution in [3.8, 4) is 0 Å². The first-order chi connectivity index (χ1) is 18.5. The summed E-state index contributed by atoms with van der Waals surface area (Å²) in [5.74, 6) is 1.22. The van der Waals surface area contributed by atoms with Crippen LogP contribution in [0.5, 0.6) is 0 Å². The fourth-order valence-electron chi connectivity index (χ4n) is 9.78. The number of fused-ring (bicyclic) bond motifs is 5. The minimum absolute atomic E-state index is 0.0762. The van der Waals surface area contributed by atoms with E-state index in [1.807, 2.05) is 6.07 Å². The lowest BCUT2D eigenvalue weighted by atomic mass is 9.43. The van der Waals surface area contributed by atoms with Gasteiger partial charge in [0.25, 0.3) is 0 Å². The summed E-state index contributed by atoms with van der Waals surface area (Å²) in [6.45, 7) is 4.16. The highest BCUT2D eigenvalue weighted by molar-refractivity contribution is 5.27. The van der Waals surface area contributed by atoms with Crippen molar-refractivity contribution in [2.45, 2.75) is 120 Å². The summed E-state index contributed by atoms with van der Waals surface area (Å²) >= 11 is 0. The maximum atomic E-state index is 12.4. The Hall–Kier alpha value is -1.33. The van der Waals surface area contributed by atoms with Crippen LogP contribution in [0.3, 0.4) is 0 Å². The molecule has 2 unspecified atom stereocenters. The molecule has 1 saturated heterocycles. The monoisotopic (exact) mass is 548 g/mol. The Labute approximate surface area is 229 Å². The first kappa shape index (κ1) is 27.8. The van der Waals surface area contributed by atoms with Crippen LogP contribution in [0.2, 0.25) is 0 Å². The third kappa shape index (κ3) is 4.18. The molecule has 1 aromatic heterocycles. The van der Waals surface area contributed by atoms with Gasteiger partial charge in [0, 0.05) is 11.5 Å². The van der Waals surface area contributed by atoms with Gasteiger partial charge < -0.3 is 39.4 Å². The molecule has 5 aliphatic rings. The lowest BCUT2D eigenvalue weighted by Crippen LogP contribution is -2.62. The summed E-state index contributed by atoms with van der Waals surface area (Å²) in [5.41, 5.74) is -0.280. The Morgan fingerprint density at radius 2 is 1.74 bits per heavy atom. The van der Waals surface area contributed by atoms with Gasteiger partial charge in [0.15, 0.2) is 6.29 Å². The molecule has 5 fully saturated rings. The van der Waals surface area contributed by atoms with Gasteiger partial charge in [-0.1, -0.05) is 13.8 Å². The number of rotatable bonds is 4. The van der Waals surface area contributed by atoms with Gasteiger partial charge >= 0.3 is 5.63 Å². The molecule has 6 rings (SSSR count). The first-order valence-corrected chi connectivity index (χ1v) is 14.8. The van der Waals surface area contributed by atoms with Crippen LogP contribution in [-0.4, -0.2) is 74.6 Å². The maximum absolute atomic E-state index is 12.4. The topological polar surface area (TPSA) is 150 Å². The van der Waals surface area contributed by atoms with Crippen molar-refractivity contribution in [2.75, 3.05) is 6.61 Å². The van der Waals surface area contributed by atoms with Gasteiger partial charge in [0.05, 0.1) is 24.6 Å². The molecule has 0 aromatic carbocycles. The second-order valence-corrected chi connectivity index (χ2v) is 13.6. The zero-order valence-electron chi connectivity index (χ0n) is 22.9. The van der Waals surface area contributed by atoms with Crippen molar-refractivity contribution < 1.29 is 39.4 Å². The molecule has 4 saturated carbocycles. The molecule has 13 atom stereocenters. The molecule has 9 nitrogen and oxygen atoms in total. The third-order valence-corrected chi connectivity index (χ3v) is 12.1. The predicted molar refractivity (Wildman–Crippen MR) is 140 cm³/mol. The highest BCUT2D eigenvalue weighted by Crippen LogP contribution is 2.70. The highest BCUT2D eigenvalue weighted by Gasteiger charge is 2.67. The van der Waals surface area contributed by atoms with Crippen LogP contribution in [0.25, 0.3) is 0 Å². The van der Waals surface area contributed by atoms with E-state index in [4.69, 9.17) is 13.9 Å². The van der Waals surface area contributed by atoms with E-state index in [1.54, 1.807) is 6.26 Å². The average molecular weight is 549 g/mol. The largest absolute Gasteiger partial charge is 0.431 e. The van der Waals surface area contributed by atoms with Crippen LogP contribution in [0.1, 0.15) is 83.1 Å². The number of aliphatic hydroxyl groups is 5. The van der Waals surface area contributed by atoms with Crippen LogP contribution >= 0.6 is 0 Å². The van der Waals surface area contributed by atoms with E-state index < -0.39 is 42.9 Å². The molecule has 5 N–H and O–H groups in total. The first-order valence-electron chi connectivity index (χ1n) is 14.8. The Bertz CT molecular complexity index is 1090. The summed E-state index contributed by atoms with van der Waals surface area (Å²) in [5, 5.41) is 52.6. The van der Waals surface area contributed by atoms with E-state index in [0.29, 0.717) is 11.8 Å². The molecule has 0 radical (unpaired) electrons. The minimum Gasteiger partial charge on any atom is -0.431 e. The number of hydrogen-bond donors (Lipinski definition) is 5. The summed E-state index contributed by atoms with van der Waals surface area (Å²) in [6, 6.07) is 3.35. The Morgan fingerprint density at radius 1 is 0.949 bits per heavy atom. The second-order valence-electron chi connectivity index (χ2n) is 13.6. The molecule has 218 valence electrons. The molecule has 39 heavy (non-hydrogen) atoms. The zero-order chi connectivity index (χ0) is 27.7. The van der Waals surface area contributed by atoms with Gasteiger partial charge in [-0.2, -0.15) is 0 Å². The van der Waals surface area contributed by atoms with E-state index in [1.165, 1.54) is 6.07 Å². The maximum Gasteiger partial charge on any atom is 0.335 e. The second kappa shape index (κ2) is 9.89. The molecular weight excluding hydrogens is 504 g/mol. The van der Waals surface area contributed by atoms with Gasteiger partial charge in [0.2, 0.25) is 0 Å². The summed E-state index contributed by atoms with van der Waals surface area (Å²) < 4.78 is 17.0. The molecule has 2 heterocycles. The Kier molecular flexibility index (Phi) is 7.06. The van der Waals surface area contributed by atoms with Gasteiger partial charge in [-0.15, -0.1) is 0 Å². The third-order valence-electron chi connectivity index (χ3n) is 12.1. The molecular formula is C30H44O9. The molecule has 1 aromatic rings. The Balaban J connectivity index is 1.16. The fraction of sp³-hybridized carbons (Fsp3) is 0.833. The molecule has 0 amide bonds. The van der Waals surface area contributed by atoms with E-state index in [9.17, 15) is 30.3 Å². The van der Waals surface area contributed by atoms with Crippen molar-refractivity contribution in [1.29, 1.82) is 0 Å². The van der Waals surface area contributed by atoms with Crippen LogP contribution in [-0.2, 0) is 9.47 Å². The van der Waals surface area contributed by atoms with E-state index in [2.05, 4.69) is 13.8 Å². The smallest absolute Gasteiger partial charge is 0.335 e. The number of hydrogen-bond acceptors (Lipinski definition) is 9. The van der Waals surface area contributed by atoms with Crippen molar-refractivity contribution in [3.05, 3.63) is 34.4 Å². The SMILES string of the molecule is C[C@]12CC[C@H](OC3O[C@H](CO)[C@@H](O)[C@H](O)[C@H]3O)CC1CC[C@@H]1[C@@H]2CC[C@]2(C)[C@@H](c3ccc(=O)oc3)CC[C@]12O. The molecule has 9 heteroatoms. The fourth-order valence-corrected chi connectivity index (χ4v) is 9.78. The van der Waals surface area contributed by atoms with Crippen LogP contribution in [0, 0.1) is 28.6 Å².